The summed E-state index contributed by atoms with van der Waals surface area (Å²) < 4.78 is 28.5. The van der Waals surface area contributed by atoms with Crippen molar-refractivity contribution >= 4 is 10.0 Å². The Morgan fingerprint density at radius 2 is 2.10 bits per heavy atom. The summed E-state index contributed by atoms with van der Waals surface area (Å²) >= 11 is 0. The highest BCUT2D eigenvalue weighted by Crippen LogP contribution is 2.19. The SMILES string of the molecule is Cn1nnnc1-c1cccc(S(=O)(=O)NCC(C)(C)N)c1. The molecule has 0 saturated heterocycles. The van der Waals surface area contributed by atoms with Gasteiger partial charge in [-0.2, -0.15) is 0 Å². The van der Waals surface area contributed by atoms with Crippen LogP contribution in [0.4, 0.5) is 0 Å². The molecule has 2 aromatic rings. The predicted molar refractivity (Wildman–Crippen MR) is 77.7 cm³/mol. The Kier molecular flexibility index (Phi) is 4.08. The number of hydrogen-bond acceptors (Lipinski definition) is 6. The minimum absolute atomic E-state index is 0.144. The summed E-state index contributed by atoms with van der Waals surface area (Å²) in [7, 11) is -1.94. The van der Waals surface area contributed by atoms with E-state index >= 15 is 0 Å². The average Bonchev–Trinajstić information content (AvgIpc) is 2.82. The van der Waals surface area contributed by atoms with Crippen LogP contribution in [0, 0.1) is 0 Å². The van der Waals surface area contributed by atoms with Crippen LogP contribution in [0.2, 0.25) is 0 Å². The number of aryl methyl sites for hydroxylation is 1. The highest BCUT2D eigenvalue weighted by molar-refractivity contribution is 7.89. The van der Waals surface area contributed by atoms with E-state index in [4.69, 9.17) is 5.73 Å². The van der Waals surface area contributed by atoms with E-state index in [9.17, 15) is 8.42 Å². The van der Waals surface area contributed by atoms with Crippen molar-refractivity contribution in [1.82, 2.24) is 24.9 Å². The fraction of sp³-hybridized carbons (Fsp3) is 0.417. The van der Waals surface area contributed by atoms with Crippen molar-refractivity contribution < 1.29 is 8.42 Å². The molecule has 1 aromatic heterocycles. The van der Waals surface area contributed by atoms with Crippen molar-refractivity contribution in [3.05, 3.63) is 24.3 Å². The van der Waals surface area contributed by atoms with Crippen molar-refractivity contribution in [2.75, 3.05) is 6.54 Å². The van der Waals surface area contributed by atoms with Crippen LogP contribution in [0.25, 0.3) is 11.4 Å². The molecule has 0 aliphatic rings. The van der Waals surface area contributed by atoms with Gasteiger partial charge in [-0.3, -0.25) is 0 Å². The summed E-state index contributed by atoms with van der Waals surface area (Å²) in [6.07, 6.45) is 0. The summed E-state index contributed by atoms with van der Waals surface area (Å²) in [5.41, 5.74) is 5.79. The highest BCUT2D eigenvalue weighted by Gasteiger charge is 2.19. The number of sulfonamides is 1. The van der Waals surface area contributed by atoms with Gasteiger partial charge in [0, 0.05) is 24.7 Å². The first kappa shape index (κ1) is 15.5. The lowest BCUT2D eigenvalue weighted by molar-refractivity contribution is 0.498. The molecule has 9 heteroatoms. The Labute approximate surface area is 123 Å². The fourth-order valence-electron chi connectivity index (χ4n) is 1.64. The number of nitrogens with zero attached hydrogens (tertiary/aromatic N) is 4. The molecule has 0 atom stereocenters. The standard InChI is InChI=1S/C12H18N6O2S/c1-12(2,13)8-14-21(19,20)10-6-4-5-9(7-10)11-15-16-17-18(11)3/h4-7,14H,8,13H2,1-3H3. The van der Waals surface area contributed by atoms with E-state index in [1.807, 2.05) is 0 Å². The van der Waals surface area contributed by atoms with Gasteiger partial charge in [-0.15, -0.1) is 5.10 Å². The van der Waals surface area contributed by atoms with Gasteiger partial charge in [0.2, 0.25) is 10.0 Å². The summed E-state index contributed by atoms with van der Waals surface area (Å²) in [5, 5.41) is 11.1. The molecular formula is C12H18N6O2S. The van der Waals surface area contributed by atoms with Crippen LogP contribution in [0.3, 0.4) is 0 Å². The molecule has 1 aromatic carbocycles. The number of benzene rings is 1. The minimum Gasteiger partial charge on any atom is -0.324 e. The molecule has 0 amide bonds. The second-order valence-corrected chi connectivity index (χ2v) is 7.23. The largest absolute Gasteiger partial charge is 0.324 e. The molecule has 0 radical (unpaired) electrons. The first-order chi connectivity index (χ1) is 9.69. The third-order valence-electron chi connectivity index (χ3n) is 2.74. The number of rotatable bonds is 5. The molecule has 0 bridgehead atoms. The smallest absolute Gasteiger partial charge is 0.240 e. The van der Waals surface area contributed by atoms with Crippen LogP contribution in [0.1, 0.15) is 13.8 Å². The number of nitrogens with one attached hydrogen (secondary N) is 1. The van der Waals surface area contributed by atoms with Gasteiger partial charge in [0.1, 0.15) is 0 Å². The highest BCUT2D eigenvalue weighted by atomic mass is 32.2. The Balaban J connectivity index is 2.31. The van der Waals surface area contributed by atoms with Gasteiger partial charge < -0.3 is 5.73 Å². The van der Waals surface area contributed by atoms with Crippen molar-refractivity contribution in [2.45, 2.75) is 24.3 Å². The van der Waals surface area contributed by atoms with Gasteiger partial charge in [0.05, 0.1) is 4.90 Å². The minimum atomic E-state index is -3.63. The Hall–Kier alpha value is -1.84. The van der Waals surface area contributed by atoms with Gasteiger partial charge in [0.25, 0.3) is 0 Å². The third-order valence-corrected chi connectivity index (χ3v) is 4.14. The van der Waals surface area contributed by atoms with Crippen LogP contribution in [0.5, 0.6) is 0 Å². The maximum Gasteiger partial charge on any atom is 0.240 e. The molecule has 3 N–H and O–H groups in total. The van der Waals surface area contributed by atoms with Gasteiger partial charge in [0.15, 0.2) is 5.82 Å². The van der Waals surface area contributed by atoms with E-state index < -0.39 is 15.6 Å². The monoisotopic (exact) mass is 310 g/mol. The van der Waals surface area contributed by atoms with Crippen molar-refractivity contribution in [1.29, 1.82) is 0 Å². The predicted octanol–water partition coefficient (Wildman–Crippen LogP) is -0.107. The first-order valence-electron chi connectivity index (χ1n) is 6.30. The van der Waals surface area contributed by atoms with Gasteiger partial charge in [-0.1, -0.05) is 12.1 Å². The summed E-state index contributed by atoms with van der Waals surface area (Å²) in [5.74, 6) is 0.492. The van der Waals surface area contributed by atoms with Gasteiger partial charge in [-0.05, 0) is 36.4 Å². The normalized spacial score (nSPS) is 12.6. The third kappa shape index (κ3) is 3.84. The summed E-state index contributed by atoms with van der Waals surface area (Å²) in [4.78, 5) is 0.146. The summed E-state index contributed by atoms with van der Waals surface area (Å²) in [6.45, 7) is 3.64. The zero-order chi connectivity index (χ0) is 15.7. The van der Waals surface area contributed by atoms with Crippen LogP contribution < -0.4 is 10.5 Å². The lowest BCUT2D eigenvalue weighted by Gasteiger charge is -2.19. The zero-order valence-corrected chi connectivity index (χ0v) is 12.9. The quantitative estimate of drug-likeness (QED) is 0.796. The lowest BCUT2D eigenvalue weighted by atomic mass is 10.1. The Bertz CT molecular complexity index is 732. The van der Waals surface area contributed by atoms with Crippen LogP contribution in [-0.2, 0) is 17.1 Å². The molecular weight excluding hydrogens is 292 g/mol. The fourth-order valence-corrected chi connectivity index (χ4v) is 2.91. The van der Waals surface area contributed by atoms with Crippen LogP contribution in [-0.4, -0.2) is 40.7 Å². The zero-order valence-electron chi connectivity index (χ0n) is 12.1. The molecule has 1 heterocycles. The maximum absolute atomic E-state index is 12.3. The van der Waals surface area contributed by atoms with E-state index in [-0.39, 0.29) is 11.4 Å². The summed E-state index contributed by atoms with van der Waals surface area (Å²) in [6, 6.07) is 6.43. The second kappa shape index (κ2) is 5.51. The number of nitrogens with two attached hydrogens (primary N) is 1. The van der Waals surface area contributed by atoms with E-state index in [0.29, 0.717) is 11.4 Å². The van der Waals surface area contributed by atoms with E-state index in [0.717, 1.165) is 0 Å². The topological polar surface area (TPSA) is 116 Å². The average molecular weight is 310 g/mol. The first-order valence-corrected chi connectivity index (χ1v) is 7.79. The molecule has 114 valence electrons. The lowest BCUT2D eigenvalue weighted by Crippen LogP contribution is -2.45. The molecule has 0 fully saturated rings. The molecule has 8 nitrogen and oxygen atoms in total. The van der Waals surface area contributed by atoms with Gasteiger partial charge in [-0.25, -0.2) is 17.8 Å². The number of aromatic nitrogens is 4. The van der Waals surface area contributed by atoms with E-state index in [1.165, 1.54) is 16.8 Å². The Morgan fingerprint density at radius 1 is 1.38 bits per heavy atom. The van der Waals surface area contributed by atoms with Crippen molar-refractivity contribution in [3.63, 3.8) is 0 Å². The van der Waals surface area contributed by atoms with Crippen LogP contribution >= 0.6 is 0 Å². The maximum atomic E-state index is 12.3. The molecule has 0 aliphatic carbocycles. The van der Waals surface area contributed by atoms with Crippen LogP contribution in [0.15, 0.2) is 29.2 Å². The molecule has 0 spiro atoms. The molecule has 21 heavy (non-hydrogen) atoms. The molecule has 0 aliphatic heterocycles. The second-order valence-electron chi connectivity index (χ2n) is 5.47. The number of hydrogen-bond donors (Lipinski definition) is 2. The van der Waals surface area contributed by atoms with Crippen molar-refractivity contribution in [3.8, 4) is 11.4 Å². The number of tetrazole rings is 1. The molecule has 0 unspecified atom stereocenters. The van der Waals surface area contributed by atoms with E-state index in [2.05, 4.69) is 20.2 Å². The Morgan fingerprint density at radius 3 is 2.67 bits per heavy atom. The van der Waals surface area contributed by atoms with Crippen molar-refractivity contribution in [2.24, 2.45) is 12.8 Å². The molecule has 0 saturated carbocycles. The molecule has 2 rings (SSSR count). The van der Waals surface area contributed by atoms with E-state index in [1.54, 1.807) is 33.0 Å². The van der Waals surface area contributed by atoms with Gasteiger partial charge >= 0.3 is 0 Å².